The summed E-state index contributed by atoms with van der Waals surface area (Å²) in [5.41, 5.74) is 9.21. The lowest BCUT2D eigenvalue weighted by Gasteiger charge is -1.99. The summed E-state index contributed by atoms with van der Waals surface area (Å²) in [6.45, 7) is 0.364. The van der Waals surface area contributed by atoms with E-state index in [1.165, 1.54) is 0 Å². The van der Waals surface area contributed by atoms with Crippen LogP contribution in [0.1, 0.15) is 5.82 Å². The van der Waals surface area contributed by atoms with Gasteiger partial charge in [-0.15, -0.1) is 0 Å². The van der Waals surface area contributed by atoms with E-state index in [4.69, 9.17) is 17.3 Å². The van der Waals surface area contributed by atoms with Gasteiger partial charge in [0, 0.05) is 12.6 Å². The quantitative estimate of drug-likeness (QED) is 0.742. The third-order valence-electron chi connectivity index (χ3n) is 2.99. The summed E-state index contributed by atoms with van der Waals surface area (Å²) < 4.78 is 1.80. The fourth-order valence-corrected chi connectivity index (χ4v) is 2.22. The van der Waals surface area contributed by atoms with Gasteiger partial charge in [-0.3, -0.25) is 0 Å². The van der Waals surface area contributed by atoms with Crippen molar-refractivity contribution in [3.8, 4) is 11.3 Å². The zero-order chi connectivity index (χ0) is 12.7. The van der Waals surface area contributed by atoms with Gasteiger partial charge in [-0.2, -0.15) is 0 Å². The Morgan fingerprint density at radius 3 is 3.00 bits per heavy atom. The maximum Gasteiger partial charge on any atom is 0.136 e. The molecule has 0 unspecified atom stereocenters. The molecule has 0 aliphatic carbocycles. The van der Waals surface area contributed by atoms with E-state index in [9.17, 15) is 0 Å². The minimum absolute atomic E-state index is 0.364. The molecule has 0 fully saturated rings. The Bertz CT molecular complexity index is 712. The minimum Gasteiger partial charge on any atom is -0.345 e. The molecule has 1 aromatic carbocycles. The summed E-state index contributed by atoms with van der Waals surface area (Å²) in [5, 5.41) is 0.592. The highest BCUT2D eigenvalue weighted by Gasteiger charge is 2.14. The Morgan fingerprint density at radius 1 is 1.44 bits per heavy atom. The smallest absolute Gasteiger partial charge is 0.136 e. The van der Waals surface area contributed by atoms with Crippen molar-refractivity contribution in [2.45, 2.75) is 6.54 Å². The number of imidazole rings is 2. The summed E-state index contributed by atoms with van der Waals surface area (Å²) in [4.78, 5) is 11.7. The normalized spacial score (nSPS) is 11.3. The van der Waals surface area contributed by atoms with Crippen LogP contribution in [0.5, 0.6) is 0 Å². The summed E-state index contributed by atoms with van der Waals surface area (Å²) >= 11 is 6.27. The number of H-pyrrole nitrogens is 1. The zero-order valence-electron chi connectivity index (χ0n) is 9.81. The SMILES string of the molecule is Cn1c(CN)nc(-c2ccc3nc[nH]c3c2)c1Cl. The van der Waals surface area contributed by atoms with Crippen molar-refractivity contribution in [1.29, 1.82) is 0 Å². The van der Waals surface area contributed by atoms with Crippen LogP contribution in [0.2, 0.25) is 5.15 Å². The number of benzene rings is 1. The van der Waals surface area contributed by atoms with Crippen LogP contribution >= 0.6 is 11.6 Å². The van der Waals surface area contributed by atoms with Crippen molar-refractivity contribution >= 4 is 22.6 Å². The van der Waals surface area contributed by atoms with Crippen molar-refractivity contribution in [2.75, 3.05) is 0 Å². The van der Waals surface area contributed by atoms with E-state index in [-0.39, 0.29) is 0 Å². The number of hydrogen-bond acceptors (Lipinski definition) is 3. The van der Waals surface area contributed by atoms with Crippen LogP contribution in [0.15, 0.2) is 24.5 Å². The van der Waals surface area contributed by atoms with E-state index in [1.807, 2.05) is 25.2 Å². The molecular weight excluding hydrogens is 250 g/mol. The lowest BCUT2D eigenvalue weighted by atomic mass is 10.1. The molecule has 3 aromatic rings. The maximum absolute atomic E-state index is 6.27. The molecule has 3 N–H and O–H groups in total. The third-order valence-corrected chi connectivity index (χ3v) is 3.43. The summed E-state index contributed by atoms with van der Waals surface area (Å²) in [6, 6.07) is 5.88. The second-order valence-corrected chi connectivity index (χ2v) is 4.42. The molecule has 0 aliphatic rings. The van der Waals surface area contributed by atoms with E-state index in [0.29, 0.717) is 11.7 Å². The molecule has 2 aromatic heterocycles. The van der Waals surface area contributed by atoms with Gasteiger partial charge in [0.25, 0.3) is 0 Å². The number of rotatable bonds is 2. The highest BCUT2D eigenvalue weighted by molar-refractivity contribution is 6.32. The Kier molecular flexibility index (Phi) is 2.57. The summed E-state index contributed by atoms with van der Waals surface area (Å²) in [5.74, 6) is 0.764. The molecule has 0 atom stereocenters. The molecule has 0 saturated carbocycles. The Balaban J connectivity index is 2.19. The van der Waals surface area contributed by atoms with Gasteiger partial charge in [-0.05, 0) is 12.1 Å². The van der Waals surface area contributed by atoms with Crippen molar-refractivity contribution in [3.63, 3.8) is 0 Å². The van der Waals surface area contributed by atoms with E-state index < -0.39 is 0 Å². The highest BCUT2D eigenvalue weighted by Crippen LogP contribution is 2.29. The van der Waals surface area contributed by atoms with Crippen LogP contribution in [-0.4, -0.2) is 19.5 Å². The number of aromatic amines is 1. The van der Waals surface area contributed by atoms with Crippen molar-refractivity contribution in [2.24, 2.45) is 12.8 Å². The highest BCUT2D eigenvalue weighted by atomic mass is 35.5. The van der Waals surface area contributed by atoms with E-state index in [1.54, 1.807) is 10.9 Å². The fourth-order valence-electron chi connectivity index (χ4n) is 1.97. The molecule has 0 bridgehead atoms. The average Bonchev–Trinajstić information content (AvgIpc) is 2.95. The standard InChI is InChI=1S/C12H12ClN5/c1-18-10(5-14)17-11(12(18)13)7-2-3-8-9(4-7)16-6-15-8/h2-4,6H,5,14H2,1H3,(H,15,16). The van der Waals surface area contributed by atoms with Crippen molar-refractivity contribution < 1.29 is 0 Å². The molecule has 0 amide bonds. The number of nitrogens with one attached hydrogen (secondary N) is 1. The first kappa shape index (κ1) is 11.3. The van der Waals surface area contributed by atoms with Crippen LogP contribution in [0.4, 0.5) is 0 Å². The molecule has 0 radical (unpaired) electrons. The molecule has 6 heteroatoms. The lowest BCUT2D eigenvalue weighted by molar-refractivity contribution is 0.794. The number of hydrogen-bond donors (Lipinski definition) is 2. The second-order valence-electron chi connectivity index (χ2n) is 4.07. The largest absolute Gasteiger partial charge is 0.345 e. The lowest BCUT2D eigenvalue weighted by Crippen LogP contribution is -2.04. The molecule has 0 saturated heterocycles. The van der Waals surface area contributed by atoms with Crippen LogP contribution in [0.25, 0.3) is 22.3 Å². The van der Waals surface area contributed by atoms with Gasteiger partial charge in [0.15, 0.2) is 0 Å². The molecule has 5 nitrogen and oxygen atoms in total. The zero-order valence-corrected chi connectivity index (χ0v) is 10.6. The fraction of sp³-hybridized carbons (Fsp3) is 0.167. The Morgan fingerprint density at radius 2 is 2.28 bits per heavy atom. The summed E-state index contributed by atoms with van der Waals surface area (Å²) in [6.07, 6.45) is 1.67. The van der Waals surface area contributed by atoms with Gasteiger partial charge in [0.1, 0.15) is 16.7 Å². The van der Waals surface area contributed by atoms with Crippen molar-refractivity contribution in [1.82, 2.24) is 19.5 Å². The molecule has 0 spiro atoms. The van der Waals surface area contributed by atoms with E-state index in [0.717, 1.165) is 28.1 Å². The van der Waals surface area contributed by atoms with Crippen LogP contribution in [0.3, 0.4) is 0 Å². The Hall–Kier alpha value is -1.85. The van der Waals surface area contributed by atoms with E-state index in [2.05, 4.69) is 15.0 Å². The first-order valence-electron chi connectivity index (χ1n) is 5.55. The summed E-state index contributed by atoms with van der Waals surface area (Å²) in [7, 11) is 1.86. The van der Waals surface area contributed by atoms with Crippen LogP contribution in [0, 0.1) is 0 Å². The van der Waals surface area contributed by atoms with E-state index >= 15 is 0 Å². The van der Waals surface area contributed by atoms with Gasteiger partial charge in [-0.25, -0.2) is 9.97 Å². The molecular formula is C12H12ClN5. The number of halogens is 1. The number of nitrogens with zero attached hydrogens (tertiary/aromatic N) is 3. The molecule has 0 aliphatic heterocycles. The van der Waals surface area contributed by atoms with Crippen molar-refractivity contribution in [3.05, 3.63) is 35.5 Å². The first-order chi connectivity index (χ1) is 8.70. The van der Waals surface area contributed by atoms with Gasteiger partial charge in [0.2, 0.25) is 0 Å². The maximum atomic E-state index is 6.27. The molecule has 18 heavy (non-hydrogen) atoms. The minimum atomic E-state index is 0.364. The van der Waals surface area contributed by atoms with Gasteiger partial charge < -0.3 is 15.3 Å². The second kappa shape index (κ2) is 4.12. The molecule has 3 rings (SSSR count). The van der Waals surface area contributed by atoms with Gasteiger partial charge in [0.05, 0.1) is 23.9 Å². The topological polar surface area (TPSA) is 72.5 Å². The van der Waals surface area contributed by atoms with Crippen LogP contribution in [-0.2, 0) is 13.6 Å². The number of aromatic nitrogens is 4. The van der Waals surface area contributed by atoms with Crippen LogP contribution < -0.4 is 5.73 Å². The third kappa shape index (κ3) is 1.60. The predicted octanol–water partition coefficient (Wildman–Crippen LogP) is 2.08. The monoisotopic (exact) mass is 261 g/mol. The van der Waals surface area contributed by atoms with Gasteiger partial charge >= 0.3 is 0 Å². The Labute approximate surface area is 109 Å². The number of nitrogens with two attached hydrogens (primary N) is 1. The van der Waals surface area contributed by atoms with Gasteiger partial charge in [-0.1, -0.05) is 17.7 Å². The molecule has 92 valence electrons. The molecule has 2 heterocycles. The predicted molar refractivity (Wildman–Crippen MR) is 71.2 cm³/mol. The number of fused-ring (bicyclic) bond motifs is 1. The average molecular weight is 262 g/mol. The first-order valence-corrected chi connectivity index (χ1v) is 5.93.